The number of esters is 1. The first kappa shape index (κ1) is 17.5. The Kier molecular flexibility index (Phi) is 9.29. The van der Waals surface area contributed by atoms with Gasteiger partial charge in [0, 0.05) is 13.7 Å². The second kappa shape index (κ2) is 11.1. The van der Waals surface area contributed by atoms with E-state index < -0.39 is 0 Å². The summed E-state index contributed by atoms with van der Waals surface area (Å²) in [5.41, 5.74) is 0.558. The summed E-state index contributed by atoms with van der Waals surface area (Å²) in [6.45, 7) is 4.01. The molecule has 0 unspecified atom stereocenters. The number of methoxy groups -OCH3 is 1. The molecule has 0 aliphatic rings. The van der Waals surface area contributed by atoms with Crippen molar-refractivity contribution in [3.8, 4) is 5.75 Å². The molecule has 0 saturated carbocycles. The van der Waals surface area contributed by atoms with Gasteiger partial charge in [-0.1, -0.05) is 19.8 Å². The minimum atomic E-state index is -0.287. The van der Waals surface area contributed by atoms with E-state index in [1.807, 2.05) is 12.1 Å². The lowest BCUT2D eigenvalue weighted by Crippen LogP contribution is -2.07. The van der Waals surface area contributed by atoms with Crippen molar-refractivity contribution in [3.63, 3.8) is 0 Å². The van der Waals surface area contributed by atoms with Crippen LogP contribution < -0.4 is 4.74 Å². The van der Waals surface area contributed by atoms with Gasteiger partial charge in [-0.15, -0.1) is 0 Å². The zero-order valence-corrected chi connectivity index (χ0v) is 13.1. The quantitative estimate of drug-likeness (QED) is 0.459. The molecule has 0 fully saturated rings. The van der Waals surface area contributed by atoms with Gasteiger partial charge in [-0.3, -0.25) is 0 Å². The van der Waals surface area contributed by atoms with Crippen LogP contribution in [-0.4, -0.2) is 32.9 Å². The minimum Gasteiger partial charge on any atom is -0.494 e. The van der Waals surface area contributed by atoms with E-state index in [9.17, 15) is 4.79 Å². The Balaban J connectivity index is 2.27. The minimum absolute atomic E-state index is 0.287. The maximum absolute atomic E-state index is 11.8. The lowest BCUT2D eigenvalue weighted by Gasteiger charge is -2.07. The summed E-state index contributed by atoms with van der Waals surface area (Å²) in [5, 5.41) is 0. The smallest absolute Gasteiger partial charge is 0.338 e. The number of ether oxygens (including phenoxy) is 3. The Morgan fingerprint density at radius 3 is 2.29 bits per heavy atom. The highest BCUT2D eigenvalue weighted by atomic mass is 16.5. The average Bonchev–Trinajstić information content (AvgIpc) is 2.52. The summed E-state index contributed by atoms with van der Waals surface area (Å²) in [6.07, 6.45) is 5.13. The molecule has 4 heteroatoms. The van der Waals surface area contributed by atoms with E-state index in [0.717, 1.165) is 31.6 Å². The molecule has 0 heterocycles. The van der Waals surface area contributed by atoms with Crippen LogP contribution in [0.5, 0.6) is 5.75 Å². The maximum Gasteiger partial charge on any atom is 0.338 e. The molecule has 4 nitrogen and oxygen atoms in total. The van der Waals surface area contributed by atoms with Crippen molar-refractivity contribution >= 4 is 5.97 Å². The van der Waals surface area contributed by atoms with E-state index >= 15 is 0 Å². The van der Waals surface area contributed by atoms with Crippen LogP contribution in [0, 0.1) is 0 Å². The first-order valence-electron chi connectivity index (χ1n) is 7.67. The third-order valence-corrected chi connectivity index (χ3v) is 3.08. The summed E-state index contributed by atoms with van der Waals surface area (Å²) < 4.78 is 15.7. The van der Waals surface area contributed by atoms with Gasteiger partial charge in [0.05, 0.1) is 18.8 Å². The molecule has 0 atom stereocenters. The molecule has 118 valence electrons. The van der Waals surface area contributed by atoms with Gasteiger partial charge < -0.3 is 14.2 Å². The van der Waals surface area contributed by atoms with E-state index in [0.29, 0.717) is 18.8 Å². The second-order valence-electron chi connectivity index (χ2n) is 4.92. The molecular formula is C17H26O4. The SMILES string of the molecule is CCCCCOc1ccc(C(=O)OCCCCOC)cc1. The van der Waals surface area contributed by atoms with Crippen molar-refractivity contribution in [2.75, 3.05) is 26.9 Å². The summed E-state index contributed by atoms with van der Waals surface area (Å²) in [5.74, 6) is 0.507. The predicted molar refractivity (Wildman–Crippen MR) is 82.9 cm³/mol. The second-order valence-corrected chi connectivity index (χ2v) is 4.92. The Hall–Kier alpha value is -1.55. The van der Waals surface area contributed by atoms with Crippen LogP contribution in [-0.2, 0) is 9.47 Å². The molecule has 0 amide bonds. The van der Waals surface area contributed by atoms with Crippen LogP contribution in [0.25, 0.3) is 0 Å². The largest absolute Gasteiger partial charge is 0.494 e. The van der Waals surface area contributed by atoms with Crippen molar-refractivity contribution in [1.29, 1.82) is 0 Å². The van der Waals surface area contributed by atoms with Crippen molar-refractivity contribution in [2.45, 2.75) is 39.0 Å². The van der Waals surface area contributed by atoms with Gasteiger partial charge in [-0.2, -0.15) is 0 Å². The Bertz CT molecular complexity index is 386. The standard InChI is InChI=1S/C17H26O4/c1-3-4-5-13-20-16-10-8-15(9-11-16)17(18)21-14-7-6-12-19-2/h8-11H,3-7,12-14H2,1-2H3. The van der Waals surface area contributed by atoms with Crippen LogP contribution >= 0.6 is 0 Å². The molecule has 1 aromatic carbocycles. The van der Waals surface area contributed by atoms with Gasteiger partial charge in [0.1, 0.15) is 5.75 Å². The van der Waals surface area contributed by atoms with Crippen molar-refractivity contribution in [1.82, 2.24) is 0 Å². The number of carbonyl (C=O) groups excluding carboxylic acids is 1. The van der Waals surface area contributed by atoms with Crippen LogP contribution in [0.1, 0.15) is 49.4 Å². The number of benzene rings is 1. The van der Waals surface area contributed by atoms with Gasteiger partial charge in [0.25, 0.3) is 0 Å². The lowest BCUT2D eigenvalue weighted by molar-refractivity contribution is 0.0489. The summed E-state index contributed by atoms with van der Waals surface area (Å²) >= 11 is 0. The zero-order chi connectivity index (χ0) is 15.3. The van der Waals surface area contributed by atoms with Crippen LogP contribution in [0.3, 0.4) is 0 Å². The first-order chi connectivity index (χ1) is 10.3. The Labute approximate surface area is 127 Å². The van der Waals surface area contributed by atoms with Crippen LogP contribution in [0.15, 0.2) is 24.3 Å². The molecule has 0 spiro atoms. The van der Waals surface area contributed by atoms with Gasteiger partial charge in [-0.05, 0) is 43.5 Å². The van der Waals surface area contributed by atoms with E-state index in [2.05, 4.69) is 6.92 Å². The van der Waals surface area contributed by atoms with Crippen molar-refractivity contribution in [3.05, 3.63) is 29.8 Å². The monoisotopic (exact) mass is 294 g/mol. The fraction of sp³-hybridized carbons (Fsp3) is 0.588. The molecule has 21 heavy (non-hydrogen) atoms. The van der Waals surface area contributed by atoms with Gasteiger partial charge in [0.2, 0.25) is 0 Å². The molecule has 0 aromatic heterocycles. The van der Waals surface area contributed by atoms with Crippen LogP contribution in [0.2, 0.25) is 0 Å². The Morgan fingerprint density at radius 2 is 1.62 bits per heavy atom. The fourth-order valence-electron chi connectivity index (χ4n) is 1.83. The molecule has 0 bridgehead atoms. The predicted octanol–water partition coefficient (Wildman–Crippen LogP) is 3.84. The summed E-state index contributed by atoms with van der Waals surface area (Å²) in [6, 6.07) is 7.11. The maximum atomic E-state index is 11.8. The average molecular weight is 294 g/mol. The number of rotatable bonds is 11. The number of unbranched alkanes of at least 4 members (excludes halogenated alkanes) is 3. The van der Waals surface area contributed by atoms with E-state index in [4.69, 9.17) is 14.2 Å². The van der Waals surface area contributed by atoms with Gasteiger partial charge in [0.15, 0.2) is 0 Å². The van der Waals surface area contributed by atoms with Gasteiger partial charge in [-0.25, -0.2) is 4.79 Å². The molecule has 0 radical (unpaired) electrons. The summed E-state index contributed by atoms with van der Waals surface area (Å²) in [7, 11) is 1.66. The van der Waals surface area contributed by atoms with E-state index in [1.165, 1.54) is 12.8 Å². The zero-order valence-electron chi connectivity index (χ0n) is 13.1. The van der Waals surface area contributed by atoms with Gasteiger partial charge >= 0.3 is 5.97 Å². The number of carbonyl (C=O) groups is 1. The third kappa shape index (κ3) is 7.71. The van der Waals surface area contributed by atoms with Crippen molar-refractivity contribution in [2.24, 2.45) is 0 Å². The molecule has 1 aromatic rings. The highest BCUT2D eigenvalue weighted by molar-refractivity contribution is 5.89. The molecule has 0 aliphatic heterocycles. The number of hydrogen-bond donors (Lipinski definition) is 0. The summed E-state index contributed by atoms with van der Waals surface area (Å²) in [4.78, 5) is 11.8. The molecule has 1 rings (SSSR count). The highest BCUT2D eigenvalue weighted by Crippen LogP contribution is 2.13. The molecule has 0 N–H and O–H groups in total. The molecular weight excluding hydrogens is 268 g/mol. The fourth-order valence-corrected chi connectivity index (χ4v) is 1.83. The van der Waals surface area contributed by atoms with Crippen LogP contribution in [0.4, 0.5) is 0 Å². The molecule has 0 saturated heterocycles. The topological polar surface area (TPSA) is 44.8 Å². The number of hydrogen-bond acceptors (Lipinski definition) is 4. The van der Waals surface area contributed by atoms with E-state index in [-0.39, 0.29) is 5.97 Å². The third-order valence-electron chi connectivity index (χ3n) is 3.08. The Morgan fingerprint density at radius 1 is 0.952 bits per heavy atom. The first-order valence-corrected chi connectivity index (χ1v) is 7.67. The highest BCUT2D eigenvalue weighted by Gasteiger charge is 2.06. The van der Waals surface area contributed by atoms with E-state index in [1.54, 1.807) is 19.2 Å². The van der Waals surface area contributed by atoms with Crippen molar-refractivity contribution < 1.29 is 19.0 Å². The lowest BCUT2D eigenvalue weighted by atomic mass is 10.2. The molecule has 0 aliphatic carbocycles. The normalized spacial score (nSPS) is 10.4.